The van der Waals surface area contributed by atoms with Gasteiger partial charge in [0.1, 0.15) is 10.4 Å². The first-order valence-electron chi connectivity index (χ1n) is 9.07. The van der Waals surface area contributed by atoms with Gasteiger partial charge in [-0.2, -0.15) is 4.98 Å². The van der Waals surface area contributed by atoms with Gasteiger partial charge in [0.25, 0.3) is 0 Å². The molecule has 1 aromatic carbocycles. The predicted octanol–water partition coefficient (Wildman–Crippen LogP) is 5.06. The highest BCUT2D eigenvalue weighted by molar-refractivity contribution is 7.99. The minimum absolute atomic E-state index is 0.675. The van der Waals surface area contributed by atoms with Crippen LogP contribution >= 0.6 is 24.0 Å². The van der Waals surface area contributed by atoms with Crippen molar-refractivity contribution < 1.29 is 4.42 Å². The molecule has 1 aliphatic rings. The zero-order valence-corrected chi connectivity index (χ0v) is 17.3. The number of furan rings is 1. The van der Waals surface area contributed by atoms with E-state index in [4.69, 9.17) is 21.6 Å². The van der Waals surface area contributed by atoms with Crippen LogP contribution in [0.1, 0.15) is 23.8 Å². The lowest BCUT2D eigenvalue weighted by molar-refractivity contribution is 0.280. The third-order valence-electron chi connectivity index (χ3n) is 4.75. The van der Waals surface area contributed by atoms with Gasteiger partial charge in [-0.15, -0.1) is 0 Å². The first-order chi connectivity index (χ1) is 13.0. The summed E-state index contributed by atoms with van der Waals surface area (Å²) in [5, 5.41) is 1.91. The summed E-state index contributed by atoms with van der Waals surface area (Å²) in [5.74, 6) is 1.82. The molecule has 0 bridgehead atoms. The van der Waals surface area contributed by atoms with Gasteiger partial charge in [0.15, 0.2) is 5.16 Å². The number of thioether (sulfide) groups is 1. The summed E-state index contributed by atoms with van der Waals surface area (Å²) >= 11 is 7.61. The fourth-order valence-corrected chi connectivity index (χ4v) is 4.64. The van der Waals surface area contributed by atoms with Crippen LogP contribution in [-0.2, 0) is 19.5 Å². The van der Waals surface area contributed by atoms with E-state index in [0.29, 0.717) is 12.3 Å². The molecule has 2 aromatic heterocycles. The Morgan fingerprint density at radius 2 is 2.11 bits per heavy atom. The number of likely N-dealkylation sites (N-methyl/N-ethyl adjacent to an activating group) is 1. The minimum Gasteiger partial charge on any atom is -0.441 e. The molecular formula is C21H23N3OS2. The van der Waals surface area contributed by atoms with Crippen LogP contribution in [0.4, 0.5) is 0 Å². The molecule has 0 amide bonds. The summed E-state index contributed by atoms with van der Waals surface area (Å²) in [6.45, 7) is 8.59. The minimum atomic E-state index is 0.675. The average molecular weight is 398 g/mol. The normalized spacial score (nSPS) is 14.4. The quantitative estimate of drug-likeness (QED) is 0.260. The maximum absolute atomic E-state index is 6.13. The van der Waals surface area contributed by atoms with Crippen molar-refractivity contribution in [2.75, 3.05) is 19.3 Å². The number of rotatable bonds is 5. The van der Waals surface area contributed by atoms with E-state index in [-0.39, 0.29) is 0 Å². The Morgan fingerprint density at radius 3 is 2.85 bits per heavy atom. The molecule has 4 rings (SSSR count). The Labute approximate surface area is 168 Å². The zero-order chi connectivity index (χ0) is 19.0. The highest BCUT2D eigenvalue weighted by Crippen LogP contribution is 2.33. The highest BCUT2D eigenvalue weighted by Gasteiger charge is 2.24. The standard InChI is InChI=1S/C21H23N3OS2/c1-14(2)13-27-21-22-19-18(16-9-10-23(3)12-17(16)25-19)20(26)24(21)11-15-7-5-4-6-8-15/h4-8H,1,9-13H2,2-3H3. The Bertz CT molecular complexity index is 1050. The van der Waals surface area contributed by atoms with Crippen LogP contribution in [0.3, 0.4) is 0 Å². The van der Waals surface area contributed by atoms with E-state index in [1.165, 1.54) is 11.1 Å². The van der Waals surface area contributed by atoms with Crippen LogP contribution in [0.25, 0.3) is 11.1 Å². The van der Waals surface area contributed by atoms with Crippen molar-refractivity contribution in [1.29, 1.82) is 0 Å². The number of nitrogens with zero attached hydrogens (tertiary/aromatic N) is 3. The van der Waals surface area contributed by atoms with Crippen molar-refractivity contribution in [2.45, 2.75) is 31.6 Å². The largest absolute Gasteiger partial charge is 0.441 e. The summed E-state index contributed by atoms with van der Waals surface area (Å²) in [5.41, 5.74) is 4.23. The van der Waals surface area contributed by atoms with E-state index >= 15 is 0 Å². The Balaban J connectivity index is 1.86. The second-order valence-electron chi connectivity index (χ2n) is 7.19. The van der Waals surface area contributed by atoms with Crippen molar-refractivity contribution in [3.63, 3.8) is 0 Å². The highest BCUT2D eigenvalue weighted by atomic mass is 32.2. The summed E-state index contributed by atoms with van der Waals surface area (Å²) < 4.78 is 9.10. The second-order valence-corrected chi connectivity index (χ2v) is 8.52. The van der Waals surface area contributed by atoms with Gasteiger partial charge in [0.05, 0.1) is 18.5 Å². The molecule has 0 aliphatic carbocycles. The van der Waals surface area contributed by atoms with E-state index in [1.54, 1.807) is 11.8 Å². The van der Waals surface area contributed by atoms with Gasteiger partial charge >= 0.3 is 0 Å². The van der Waals surface area contributed by atoms with E-state index in [9.17, 15) is 0 Å². The van der Waals surface area contributed by atoms with Crippen molar-refractivity contribution >= 4 is 35.1 Å². The van der Waals surface area contributed by atoms with Gasteiger partial charge in [-0.05, 0) is 26.0 Å². The molecule has 3 heterocycles. The lowest BCUT2D eigenvalue weighted by Crippen LogP contribution is -2.25. The van der Waals surface area contributed by atoms with Gasteiger partial charge in [0.2, 0.25) is 5.71 Å². The molecule has 6 heteroatoms. The third kappa shape index (κ3) is 3.74. The fraction of sp³-hybridized carbons (Fsp3) is 0.333. The SMILES string of the molecule is C=C(C)CSc1nc2oc3c(c2c(=S)n1Cc1ccccc1)CCN(C)C3. The van der Waals surface area contributed by atoms with E-state index in [1.807, 2.05) is 13.0 Å². The van der Waals surface area contributed by atoms with Crippen molar-refractivity contribution in [3.8, 4) is 0 Å². The van der Waals surface area contributed by atoms with Crippen LogP contribution in [0.15, 0.2) is 52.1 Å². The average Bonchev–Trinajstić information content (AvgIpc) is 3.00. The van der Waals surface area contributed by atoms with Crippen molar-refractivity contribution in [2.24, 2.45) is 0 Å². The molecule has 0 saturated heterocycles. The van der Waals surface area contributed by atoms with Crippen molar-refractivity contribution in [3.05, 3.63) is 64.0 Å². The molecule has 0 N–H and O–H groups in total. The molecule has 0 saturated carbocycles. The van der Waals surface area contributed by atoms with Crippen molar-refractivity contribution in [1.82, 2.24) is 14.5 Å². The molecule has 0 radical (unpaired) electrons. The number of fused-ring (bicyclic) bond motifs is 3. The van der Waals surface area contributed by atoms with E-state index in [0.717, 1.165) is 51.8 Å². The maximum Gasteiger partial charge on any atom is 0.231 e. The molecular weight excluding hydrogens is 374 g/mol. The number of hydrogen-bond donors (Lipinski definition) is 0. The Hall–Kier alpha value is -1.89. The number of aromatic nitrogens is 2. The Kier molecular flexibility index (Phi) is 5.21. The predicted molar refractivity (Wildman–Crippen MR) is 114 cm³/mol. The Morgan fingerprint density at radius 1 is 1.33 bits per heavy atom. The molecule has 3 aromatic rings. The molecule has 140 valence electrons. The third-order valence-corrected chi connectivity index (χ3v) is 6.38. The first-order valence-corrected chi connectivity index (χ1v) is 10.5. The van der Waals surface area contributed by atoms with Crippen LogP contribution in [0.5, 0.6) is 0 Å². The molecule has 27 heavy (non-hydrogen) atoms. The van der Waals surface area contributed by atoms with Gasteiger partial charge in [-0.3, -0.25) is 4.90 Å². The van der Waals surface area contributed by atoms with Gasteiger partial charge in [0, 0.05) is 17.9 Å². The first kappa shape index (κ1) is 18.5. The summed E-state index contributed by atoms with van der Waals surface area (Å²) in [6.07, 6.45) is 0.952. The molecule has 4 nitrogen and oxygen atoms in total. The van der Waals surface area contributed by atoms with Crippen LogP contribution in [-0.4, -0.2) is 33.8 Å². The molecule has 0 atom stereocenters. The topological polar surface area (TPSA) is 34.2 Å². The summed E-state index contributed by atoms with van der Waals surface area (Å²) in [4.78, 5) is 7.13. The smallest absolute Gasteiger partial charge is 0.231 e. The number of benzene rings is 1. The van der Waals surface area contributed by atoms with E-state index in [2.05, 4.69) is 47.4 Å². The lowest BCUT2D eigenvalue weighted by atomic mass is 10.1. The lowest BCUT2D eigenvalue weighted by Gasteiger charge is -2.20. The zero-order valence-electron chi connectivity index (χ0n) is 15.7. The molecule has 0 fully saturated rings. The van der Waals surface area contributed by atoms with Crippen LogP contribution in [0.2, 0.25) is 0 Å². The molecule has 0 spiro atoms. The second kappa shape index (κ2) is 7.62. The monoisotopic (exact) mass is 397 g/mol. The number of hydrogen-bond acceptors (Lipinski definition) is 5. The van der Waals surface area contributed by atoms with Gasteiger partial charge in [-0.1, -0.05) is 66.5 Å². The molecule has 0 unspecified atom stereocenters. The summed E-state index contributed by atoms with van der Waals surface area (Å²) in [6, 6.07) is 10.4. The maximum atomic E-state index is 6.13. The van der Waals surface area contributed by atoms with Crippen LogP contribution in [0, 0.1) is 4.64 Å². The fourth-order valence-electron chi connectivity index (χ4n) is 3.39. The van der Waals surface area contributed by atoms with Gasteiger partial charge < -0.3 is 8.98 Å². The van der Waals surface area contributed by atoms with Crippen LogP contribution < -0.4 is 0 Å². The van der Waals surface area contributed by atoms with E-state index < -0.39 is 0 Å². The summed E-state index contributed by atoms with van der Waals surface area (Å²) in [7, 11) is 2.11. The molecule has 1 aliphatic heterocycles. The van der Waals surface area contributed by atoms with Gasteiger partial charge in [-0.25, -0.2) is 0 Å².